The van der Waals surface area contributed by atoms with Crippen LogP contribution >= 0.6 is 0 Å². The summed E-state index contributed by atoms with van der Waals surface area (Å²) in [6.07, 6.45) is 2.68. The van der Waals surface area contributed by atoms with Gasteiger partial charge in [-0.15, -0.1) is 0 Å². The molecule has 0 aliphatic rings. The number of hydrogen-bond donors (Lipinski definition) is 1. The highest BCUT2D eigenvalue weighted by atomic mass is 32.2. The molecule has 0 fully saturated rings. The van der Waals surface area contributed by atoms with Gasteiger partial charge >= 0.3 is 0 Å². The highest BCUT2D eigenvalue weighted by Gasteiger charge is 2.03. The van der Waals surface area contributed by atoms with Crippen LogP contribution in [0.4, 0.5) is 5.69 Å². The minimum atomic E-state index is -0.706. The standard InChI is InChI=1S/C15H19NOS/c1-12(9-10-18(2)17)16-15-8-7-13-5-3-4-6-14(13)11-15/h3-8,11-12,16H,9-10H2,1-2H3. The molecule has 0 saturated heterocycles. The SMILES string of the molecule is CC(CCS(C)=O)Nc1ccc2ccccc2c1. The van der Waals surface area contributed by atoms with Gasteiger partial charge in [0, 0.05) is 34.5 Å². The number of fused-ring (bicyclic) bond motifs is 1. The molecule has 2 aromatic carbocycles. The van der Waals surface area contributed by atoms with Crippen LogP contribution in [0, 0.1) is 0 Å². The van der Waals surface area contributed by atoms with E-state index >= 15 is 0 Å². The first kappa shape index (κ1) is 13.1. The molecule has 2 aromatic rings. The molecular formula is C15H19NOS. The molecule has 2 atom stereocenters. The zero-order valence-corrected chi connectivity index (χ0v) is 11.7. The van der Waals surface area contributed by atoms with Gasteiger partial charge in [-0.05, 0) is 36.2 Å². The van der Waals surface area contributed by atoms with Gasteiger partial charge in [0.25, 0.3) is 0 Å². The van der Waals surface area contributed by atoms with Gasteiger partial charge in [0.05, 0.1) is 0 Å². The number of rotatable bonds is 5. The second kappa shape index (κ2) is 6.01. The summed E-state index contributed by atoms with van der Waals surface area (Å²) in [6, 6.07) is 15.1. The van der Waals surface area contributed by atoms with E-state index < -0.39 is 10.8 Å². The molecule has 0 amide bonds. The first-order valence-corrected chi connectivity index (χ1v) is 7.93. The maximum absolute atomic E-state index is 11.1. The Morgan fingerprint density at radius 1 is 1.17 bits per heavy atom. The van der Waals surface area contributed by atoms with Crippen LogP contribution in [0.5, 0.6) is 0 Å². The Bertz CT molecular complexity index is 553. The molecule has 0 radical (unpaired) electrons. The van der Waals surface area contributed by atoms with E-state index in [1.54, 1.807) is 6.26 Å². The lowest BCUT2D eigenvalue weighted by Crippen LogP contribution is -2.17. The summed E-state index contributed by atoms with van der Waals surface area (Å²) in [7, 11) is -0.706. The van der Waals surface area contributed by atoms with E-state index in [9.17, 15) is 4.21 Å². The summed E-state index contributed by atoms with van der Waals surface area (Å²) in [5, 5.41) is 5.95. The van der Waals surface area contributed by atoms with Crippen LogP contribution in [0.15, 0.2) is 42.5 Å². The summed E-state index contributed by atoms with van der Waals surface area (Å²) in [4.78, 5) is 0. The monoisotopic (exact) mass is 261 g/mol. The topological polar surface area (TPSA) is 29.1 Å². The molecule has 0 saturated carbocycles. The minimum absolute atomic E-state index is 0.343. The van der Waals surface area contributed by atoms with Gasteiger partial charge in [0.15, 0.2) is 0 Å². The van der Waals surface area contributed by atoms with Crippen LogP contribution in [-0.2, 0) is 10.8 Å². The summed E-state index contributed by atoms with van der Waals surface area (Å²) >= 11 is 0. The normalized spacial score (nSPS) is 14.3. The molecule has 2 unspecified atom stereocenters. The summed E-state index contributed by atoms with van der Waals surface area (Å²) in [6.45, 7) is 2.13. The van der Waals surface area contributed by atoms with Crippen LogP contribution in [0.25, 0.3) is 10.8 Å². The minimum Gasteiger partial charge on any atom is -0.383 e. The van der Waals surface area contributed by atoms with Crippen molar-refractivity contribution < 1.29 is 4.21 Å². The van der Waals surface area contributed by atoms with Crippen molar-refractivity contribution in [2.24, 2.45) is 0 Å². The molecular weight excluding hydrogens is 242 g/mol. The molecule has 0 aliphatic heterocycles. The van der Waals surface area contributed by atoms with E-state index in [-0.39, 0.29) is 0 Å². The number of hydrogen-bond acceptors (Lipinski definition) is 2. The second-order valence-corrected chi connectivity index (χ2v) is 6.23. The van der Waals surface area contributed by atoms with Crippen molar-refractivity contribution >= 4 is 27.3 Å². The molecule has 2 rings (SSSR count). The summed E-state index contributed by atoms with van der Waals surface area (Å²) < 4.78 is 11.1. The van der Waals surface area contributed by atoms with Crippen LogP contribution in [0.1, 0.15) is 13.3 Å². The van der Waals surface area contributed by atoms with E-state index in [4.69, 9.17) is 0 Å². The van der Waals surface area contributed by atoms with Gasteiger partial charge in [0.1, 0.15) is 0 Å². The lowest BCUT2D eigenvalue weighted by Gasteiger charge is -2.15. The molecule has 0 heterocycles. The Balaban J connectivity index is 2.05. The molecule has 1 N–H and O–H groups in total. The maximum Gasteiger partial charge on any atom is 0.0348 e. The number of benzene rings is 2. The molecule has 2 nitrogen and oxygen atoms in total. The first-order valence-electron chi connectivity index (χ1n) is 6.20. The van der Waals surface area contributed by atoms with Crippen molar-refractivity contribution in [1.82, 2.24) is 0 Å². The van der Waals surface area contributed by atoms with Crippen LogP contribution in [0.2, 0.25) is 0 Å². The Morgan fingerprint density at radius 3 is 2.61 bits per heavy atom. The highest BCUT2D eigenvalue weighted by molar-refractivity contribution is 7.84. The zero-order valence-electron chi connectivity index (χ0n) is 10.8. The Morgan fingerprint density at radius 2 is 1.89 bits per heavy atom. The molecule has 0 spiro atoms. The lowest BCUT2D eigenvalue weighted by molar-refractivity contribution is 0.678. The Labute approximate surface area is 111 Å². The fraction of sp³-hybridized carbons (Fsp3) is 0.333. The van der Waals surface area contributed by atoms with Crippen molar-refractivity contribution in [2.45, 2.75) is 19.4 Å². The Hall–Kier alpha value is -1.35. The highest BCUT2D eigenvalue weighted by Crippen LogP contribution is 2.19. The van der Waals surface area contributed by atoms with Gasteiger partial charge in [-0.25, -0.2) is 0 Å². The first-order chi connectivity index (χ1) is 8.65. The van der Waals surface area contributed by atoms with Crippen molar-refractivity contribution in [1.29, 1.82) is 0 Å². The average Bonchev–Trinajstić information content (AvgIpc) is 2.36. The summed E-state index contributed by atoms with van der Waals surface area (Å²) in [5.74, 6) is 0.752. The third-order valence-corrected chi connectivity index (χ3v) is 3.81. The predicted octanol–water partition coefficient (Wildman–Crippen LogP) is 3.41. The average molecular weight is 261 g/mol. The van der Waals surface area contributed by atoms with Crippen molar-refractivity contribution in [3.8, 4) is 0 Å². The molecule has 0 bridgehead atoms. The zero-order chi connectivity index (χ0) is 13.0. The van der Waals surface area contributed by atoms with E-state index in [1.165, 1.54) is 10.8 Å². The van der Waals surface area contributed by atoms with Crippen LogP contribution < -0.4 is 5.32 Å². The largest absolute Gasteiger partial charge is 0.383 e. The van der Waals surface area contributed by atoms with Gasteiger partial charge in [-0.3, -0.25) is 4.21 Å². The fourth-order valence-electron chi connectivity index (χ4n) is 1.98. The van der Waals surface area contributed by atoms with E-state index in [2.05, 4.69) is 54.7 Å². The third kappa shape index (κ3) is 3.57. The molecule has 96 valence electrons. The van der Waals surface area contributed by atoms with Crippen molar-refractivity contribution in [3.05, 3.63) is 42.5 Å². The van der Waals surface area contributed by atoms with Crippen LogP contribution in [-0.4, -0.2) is 22.3 Å². The Kier molecular flexibility index (Phi) is 4.37. The van der Waals surface area contributed by atoms with Gasteiger partial charge in [-0.1, -0.05) is 30.3 Å². The summed E-state index contributed by atoms with van der Waals surface area (Å²) in [5.41, 5.74) is 1.13. The van der Waals surface area contributed by atoms with Crippen molar-refractivity contribution in [3.63, 3.8) is 0 Å². The quantitative estimate of drug-likeness (QED) is 0.893. The molecule has 18 heavy (non-hydrogen) atoms. The van der Waals surface area contributed by atoms with E-state index in [1.807, 2.05) is 0 Å². The smallest absolute Gasteiger partial charge is 0.0348 e. The molecule has 3 heteroatoms. The second-order valence-electron chi connectivity index (χ2n) is 4.67. The van der Waals surface area contributed by atoms with Gasteiger partial charge in [0.2, 0.25) is 0 Å². The molecule has 0 aromatic heterocycles. The number of anilines is 1. The molecule has 0 aliphatic carbocycles. The lowest BCUT2D eigenvalue weighted by atomic mass is 10.1. The fourth-order valence-corrected chi connectivity index (χ4v) is 2.66. The maximum atomic E-state index is 11.1. The van der Waals surface area contributed by atoms with E-state index in [0.717, 1.165) is 17.9 Å². The third-order valence-electron chi connectivity index (χ3n) is 3.00. The predicted molar refractivity (Wildman–Crippen MR) is 80.6 cm³/mol. The van der Waals surface area contributed by atoms with Gasteiger partial charge in [-0.2, -0.15) is 0 Å². The van der Waals surface area contributed by atoms with E-state index in [0.29, 0.717) is 6.04 Å². The van der Waals surface area contributed by atoms with Crippen molar-refractivity contribution in [2.75, 3.05) is 17.3 Å². The van der Waals surface area contributed by atoms with Gasteiger partial charge < -0.3 is 5.32 Å². The number of nitrogens with one attached hydrogen (secondary N) is 1. The van der Waals surface area contributed by atoms with Crippen LogP contribution in [0.3, 0.4) is 0 Å².